The Kier molecular flexibility index (Phi) is 4.15. The Bertz CT molecular complexity index is 331. The van der Waals surface area contributed by atoms with Gasteiger partial charge in [0.05, 0.1) is 0 Å². The van der Waals surface area contributed by atoms with Crippen LogP contribution in [0.15, 0.2) is 30.3 Å². The smallest absolute Gasteiger partial charge is 0.0258 e. The van der Waals surface area contributed by atoms with Crippen LogP contribution < -0.4 is 0 Å². The van der Waals surface area contributed by atoms with Gasteiger partial charge < -0.3 is 0 Å². The van der Waals surface area contributed by atoms with Crippen molar-refractivity contribution in [2.75, 3.05) is 5.88 Å². The average Bonchev–Trinajstić information content (AvgIpc) is 2.19. The summed E-state index contributed by atoms with van der Waals surface area (Å²) in [6.07, 6.45) is 10.2. The molecule has 0 N–H and O–H groups in total. The molecule has 0 fully saturated rings. The summed E-state index contributed by atoms with van der Waals surface area (Å²) in [5.74, 6) is 3.26. The first-order valence-corrected chi connectivity index (χ1v) is 4.69. The van der Waals surface area contributed by atoms with Crippen LogP contribution in [0.5, 0.6) is 0 Å². The number of hydrogen-bond donors (Lipinski definition) is 0. The quantitative estimate of drug-likeness (QED) is 0.507. The molecular formula is C12H11Cl. The largest absolute Gasteiger partial charge is 0.126 e. The minimum absolute atomic E-state index is 0.658. The van der Waals surface area contributed by atoms with Crippen molar-refractivity contribution in [2.45, 2.75) is 6.42 Å². The molecule has 0 saturated heterocycles. The van der Waals surface area contributed by atoms with Crippen molar-refractivity contribution in [3.8, 4) is 12.3 Å². The number of rotatable bonds is 3. The lowest BCUT2D eigenvalue weighted by atomic mass is 10.1. The van der Waals surface area contributed by atoms with Crippen LogP contribution in [0.25, 0.3) is 6.08 Å². The molecule has 0 heterocycles. The molecular weight excluding hydrogens is 180 g/mol. The van der Waals surface area contributed by atoms with E-state index in [9.17, 15) is 0 Å². The van der Waals surface area contributed by atoms with E-state index in [1.54, 1.807) is 0 Å². The van der Waals surface area contributed by atoms with Crippen LogP contribution in [-0.2, 0) is 0 Å². The van der Waals surface area contributed by atoms with E-state index < -0.39 is 0 Å². The molecule has 0 aliphatic heterocycles. The van der Waals surface area contributed by atoms with Crippen LogP contribution in [0.2, 0.25) is 0 Å². The molecule has 1 heteroatoms. The molecule has 0 aliphatic carbocycles. The fraction of sp³-hybridized carbons (Fsp3) is 0.167. The highest BCUT2D eigenvalue weighted by atomic mass is 35.5. The number of terminal acetylenes is 1. The summed E-state index contributed by atoms with van der Waals surface area (Å²) in [6, 6.07) is 7.87. The van der Waals surface area contributed by atoms with E-state index in [2.05, 4.69) is 5.92 Å². The standard InChI is InChI=1S/C12H11Cl/c1-2-11-7-5-8-12(10-11)6-3-4-9-13/h1,3,5-8,10H,4,9H2. The molecule has 0 aromatic heterocycles. The molecule has 0 saturated carbocycles. The molecule has 13 heavy (non-hydrogen) atoms. The predicted molar refractivity (Wildman–Crippen MR) is 58.7 cm³/mol. The van der Waals surface area contributed by atoms with Gasteiger partial charge in [0.25, 0.3) is 0 Å². The normalized spacial score (nSPS) is 10.2. The van der Waals surface area contributed by atoms with Crippen LogP contribution in [-0.4, -0.2) is 5.88 Å². The molecule has 66 valence electrons. The van der Waals surface area contributed by atoms with Gasteiger partial charge in [0.15, 0.2) is 0 Å². The molecule has 0 amide bonds. The Labute approximate surface area is 84.2 Å². The summed E-state index contributed by atoms with van der Waals surface area (Å²) in [4.78, 5) is 0. The van der Waals surface area contributed by atoms with E-state index in [4.69, 9.17) is 18.0 Å². The monoisotopic (exact) mass is 190 g/mol. The first-order chi connectivity index (χ1) is 6.36. The van der Waals surface area contributed by atoms with Gasteiger partial charge in [-0.15, -0.1) is 18.0 Å². The van der Waals surface area contributed by atoms with Crippen molar-refractivity contribution in [1.82, 2.24) is 0 Å². The minimum Gasteiger partial charge on any atom is -0.126 e. The molecule has 0 bridgehead atoms. The van der Waals surface area contributed by atoms with Gasteiger partial charge in [-0.25, -0.2) is 0 Å². The first kappa shape index (κ1) is 9.89. The molecule has 1 aromatic rings. The third kappa shape index (κ3) is 3.36. The van der Waals surface area contributed by atoms with E-state index in [1.807, 2.05) is 36.4 Å². The van der Waals surface area contributed by atoms with E-state index in [-0.39, 0.29) is 0 Å². The fourth-order valence-electron chi connectivity index (χ4n) is 1.01. The number of hydrogen-bond acceptors (Lipinski definition) is 0. The summed E-state index contributed by atoms with van der Waals surface area (Å²) >= 11 is 5.54. The summed E-state index contributed by atoms with van der Waals surface area (Å²) in [6.45, 7) is 0. The molecule has 0 aliphatic rings. The Morgan fingerprint density at radius 1 is 1.46 bits per heavy atom. The summed E-state index contributed by atoms with van der Waals surface area (Å²) < 4.78 is 0. The van der Waals surface area contributed by atoms with Crippen molar-refractivity contribution < 1.29 is 0 Å². The molecule has 0 nitrogen and oxygen atoms in total. The average molecular weight is 191 g/mol. The van der Waals surface area contributed by atoms with E-state index in [0.717, 1.165) is 17.5 Å². The Balaban J connectivity index is 2.73. The maximum absolute atomic E-state index is 5.54. The second-order valence-corrected chi connectivity index (χ2v) is 3.03. The van der Waals surface area contributed by atoms with E-state index in [1.165, 1.54) is 0 Å². The van der Waals surface area contributed by atoms with Crippen molar-refractivity contribution in [3.05, 3.63) is 41.5 Å². The Morgan fingerprint density at radius 2 is 2.31 bits per heavy atom. The van der Waals surface area contributed by atoms with E-state index >= 15 is 0 Å². The van der Waals surface area contributed by atoms with Crippen LogP contribution in [0.1, 0.15) is 17.5 Å². The third-order valence-electron chi connectivity index (χ3n) is 1.64. The first-order valence-electron chi connectivity index (χ1n) is 4.16. The van der Waals surface area contributed by atoms with Gasteiger partial charge in [0.1, 0.15) is 0 Å². The predicted octanol–water partition coefficient (Wildman–Crippen LogP) is 3.31. The summed E-state index contributed by atoms with van der Waals surface area (Å²) in [5, 5.41) is 0. The summed E-state index contributed by atoms with van der Waals surface area (Å²) in [5.41, 5.74) is 2.04. The fourth-order valence-corrected chi connectivity index (χ4v) is 1.14. The lowest BCUT2D eigenvalue weighted by molar-refractivity contribution is 1.24. The lowest BCUT2D eigenvalue weighted by Crippen LogP contribution is -1.76. The maximum atomic E-state index is 5.54. The highest BCUT2D eigenvalue weighted by molar-refractivity contribution is 6.17. The van der Waals surface area contributed by atoms with Gasteiger partial charge in [-0.05, 0) is 24.1 Å². The highest BCUT2D eigenvalue weighted by Crippen LogP contribution is 2.06. The number of allylic oxidation sites excluding steroid dienone is 1. The van der Waals surface area contributed by atoms with Gasteiger partial charge in [-0.3, -0.25) is 0 Å². The van der Waals surface area contributed by atoms with E-state index in [0.29, 0.717) is 5.88 Å². The van der Waals surface area contributed by atoms with Crippen LogP contribution >= 0.6 is 11.6 Å². The minimum atomic E-state index is 0.658. The van der Waals surface area contributed by atoms with Crippen molar-refractivity contribution >= 4 is 17.7 Å². The molecule has 0 spiro atoms. The summed E-state index contributed by atoms with van der Waals surface area (Å²) in [7, 11) is 0. The molecule has 1 rings (SSSR count). The SMILES string of the molecule is C#Cc1cccc(C=CCCCl)c1. The maximum Gasteiger partial charge on any atom is 0.0258 e. The van der Waals surface area contributed by atoms with Crippen molar-refractivity contribution in [3.63, 3.8) is 0 Å². The second-order valence-electron chi connectivity index (χ2n) is 2.65. The van der Waals surface area contributed by atoms with Gasteiger partial charge >= 0.3 is 0 Å². The Hall–Kier alpha value is -1.19. The van der Waals surface area contributed by atoms with Gasteiger partial charge in [-0.1, -0.05) is 30.2 Å². The Morgan fingerprint density at radius 3 is 3.00 bits per heavy atom. The van der Waals surface area contributed by atoms with Crippen LogP contribution in [0, 0.1) is 12.3 Å². The van der Waals surface area contributed by atoms with Gasteiger partial charge in [0.2, 0.25) is 0 Å². The number of halogens is 1. The zero-order chi connectivity index (χ0) is 9.52. The zero-order valence-corrected chi connectivity index (χ0v) is 8.09. The molecule has 0 atom stereocenters. The van der Waals surface area contributed by atoms with Gasteiger partial charge in [-0.2, -0.15) is 0 Å². The van der Waals surface area contributed by atoms with Crippen molar-refractivity contribution in [1.29, 1.82) is 0 Å². The van der Waals surface area contributed by atoms with Gasteiger partial charge in [0, 0.05) is 11.4 Å². The topological polar surface area (TPSA) is 0 Å². The van der Waals surface area contributed by atoms with Crippen LogP contribution in [0.3, 0.4) is 0 Å². The number of alkyl halides is 1. The zero-order valence-electron chi connectivity index (χ0n) is 7.33. The third-order valence-corrected chi connectivity index (χ3v) is 1.86. The highest BCUT2D eigenvalue weighted by Gasteiger charge is 1.88. The molecule has 0 unspecified atom stereocenters. The second kappa shape index (κ2) is 5.45. The molecule has 1 aromatic carbocycles. The molecule has 0 radical (unpaired) electrons. The van der Waals surface area contributed by atoms with Crippen molar-refractivity contribution in [2.24, 2.45) is 0 Å². The lowest BCUT2D eigenvalue weighted by Gasteiger charge is -1.93. The number of benzene rings is 1. The van der Waals surface area contributed by atoms with Crippen LogP contribution in [0.4, 0.5) is 0 Å².